The second-order valence-electron chi connectivity index (χ2n) is 4.56. The van der Waals surface area contributed by atoms with Crippen LogP contribution in [0.15, 0.2) is 36.4 Å². The van der Waals surface area contributed by atoms with E-state index in [2.05, 4.69) is 12.1 Å². The monoisotopic (exact) mass is 257 g/mol. The molecular weight excluding hydrogens is 238 g/mol. The highest BCUT2D eigenvalue weighted by Gasteiger charge is 2.04. The van der Waals surface area contributed by atoms with Gasteiger partial charge in [0.1, 0.15) is 11.5 Å². The Morgan fingerprint density at radius 3 is 2.00 bits per heavy atom. The van der Waals surface area contributed by atoms with Crippen LogP contribution in [0.5, 0.6) is 11.5 Å². The number of hydrogen-bond donors (Lipinski definition) is 1. The van der Waals surface area contributed by atoms with Crippen molar-refractivity contribution in [2.24, 2.45) is 0 Å². The van der Waals surface area contributed by atoms with Crippen molar-refractivity contribution in [2.45, 2.75) is 13.3 Å². The summed E-state index contributed by atoms with van der Waals surface area (Å²) in [6.07, 6.45) is 0.846. The molecule has 0 fully saturated rings. The summed E-state index contributed by atoms with van der Waals surface area (Å²) in [5, 5.41) is 0. The van der Waals surface area contributed by atoms with Crippen molar-refractivity contribution >= 4 is 5.69 Å². The lowest BCUT2D eigenvalue weighted by atomic mass is 10.0. The van der Waals surface area contributed by atoms with Crippen LogP contribution in [0.25, 0.3) is 0 Å². The van der Waals surface area contributed by atoms with Crippen LogP contribution in [-0.4, -0.2) is 14.2 Å². The number of benzene rings is 2. The normalized spacial score (nSPS) is 10.3. The minimum atomic E-state index is 0.672. The molecule has 0 saturated heterocycles. The molecule has 0 aromatic heterocycles. The lowest BCUT2D eigenvalue weighted by Gasteiger charge is -2.09. The number of hydrogen-bond acceptors (Lipinski definition) is 3. The van der Waals surface area contributed by atoms with Crippen molar-refractivity contribution in [3.8, 4) is 11.5 Å². The molecule has 0 heterocycles. The molecule has 0 radical (unpaired) electrons. The van der Waals surface area contributed by atoms with Gasteiger partial charge in [-0.05, 0) is 48.2 Å². The molecule has 0 aliphatic heterocycles. The maximum absolute atomic E-state index is 5.92. The number of anilines is 1. The molecule has 2 aromatic carbocycles. The van der Waals surface area contributed by atoms with E-state index < -0.39 is 0 Å². The van der Waals surface area contributed by atoms with Crippen molar-refractivity contribution in [1.82, 2.24) is 0 Å². The fraction of sp³-hybridized carbons (Fsp3) is 0.250. The SMILES string of the molecule is COc1ccc(Cc2ccc(OC)c(N)c2)cc1C. The third-order valence-corrected chi connectivity index (χ3v) is 3.16. The zero-order chi connectivity index (χ0) is 13.8. The Kier molecular flexibility index (Phi) is 3.95. The molecule has 0 unspecified atom stereocenters. The zero-order valence-electron chi connectivity index (χ0n) is 11.6. The van der Waals surface area contributed by atoms with Gasteiger partial charge in [0.2, 0.25) is 0 Å². The van der Waals surface area contributed by atoms with Gasteiger partial charge in [0, 0.05) is 0 Å². The molecule has 0 atom stereocenters. The Labute approximate surface area is 114 Å². The Balaban J connectivity index is 2.21. The van der Waals surface area contributed by atoms with Gasteiger partial charge >= 0.3 is 0 Å². The van der Waals surface area contributed by atoms with Crippen LogP contribution in [0.4, 0.5) is 5.69 Å². The minimum Gasteiger partial charge on any atom is -0.496 e. The summed E-state index contributed by atoms with van der Waals surface area (Å²) in [7, 11) is 3.31. The summed E-state index contributed by atoms with van der Waals surface area (Å²) in [5.41, 5.74) is 10.1. The van der Waals surface area contributed by atoms with Crippen LogP contribution in [0, 0.1) is 6.92 Å². The van der Waals surface area contributed by atoms with E-state index in [1.165, 1.54) is 11.1 Å². The van der Waals surface area contributed by atoms with Crippen molar-refractivity contribution in [3.63, 3.8) is 0 Å². The van der Waals surface area contributed by atoms with E-state index in [4.69, 9.17) is 15.2 Å². The molecule has 0 aliphatic carbocycles. The average molecular weight is 257 g/mol. The first kappa shape index (κ1) is 13.3. The fourth-order valence-corrected chi connectivity index (χ4v) is 2.18. The van der Waals surface area contributed by atoms with Gasteiger partial charge in [-0.3, -0.25) is 0 Å². The molecule has 2 rings (SSSR count). The van der Waals surface area contributed by atoms with Crippen LogP contribution in [-0.2, 0) is 6.42 Å². The van der Waals surface area contributed by atoms with Gasteiger partial charge in [-0.1, -0.05) is 18.2 Å². The van der Waals surface area contributed by atoms with Gasteiger partial charge in [-0.15, -0.1) is 0 Å². The molecule has 3 nitrogen and oxygen atoms in total. The van der Waals surface area contributed by atoms with Gasteiger partial charge in [0.25, 0.3) is 0 Å². The number of nitrogens with two attached hydrogens (primary N) is 1. The number of ether oxygens (including phenoxy) is 2. The number of methoxy groups -OCH3 is 2. The molecule has 0 saturated carbocycles. The molecule has 0 aliphatic rings. The largest absolute Gasteiger partial charge is 0.496 e. The first-order chi connectivity index (χ1) is 9.13. The average Bonchev–Trinajstić information content (AvgIpc) is 2.39. The molecule has 2 aromatic rings. The molecule has 100 valence electrons. The maximum atomic E-state index is 5.92. The van der Waals surface area contributed by atoms with Crippen molar-refractivity contribution in [3.05, 3.63) is 53.1 Å². The van der Waals surface area contributed by atoms with Crippen LogP contribution < -0.4 is 15.2 Å². The third-order valence-electron chi connectivity index (χ3n) is 3.16. The summed E-state index contributed by atoms with van der Waals surface area (Å²) in [5.74, 6) is 1.63. The van der Waals surface area contributed by atoms with Crippen LogP contribution >= 0.6 is 0 Å². The van der Waals surface area contributed by atoms with Crippen molar-refractivity contribution in [1.29, 1.82) is 0 Å². The first-order valence-corrected chi connectivity index (χ1v) is 6.20. The third kappa shape index (κ3) is 2.99. The summed E-state index contributed by atoms with van der Waals surface area (Å²) >= 11 is 0. The van der Waals surface area contributed by atoms with E-state index in [0.717, 1.165) is 23.5 Å². The van der Waals surface area contributed by atoms with E-state index in [-0.39, 0.29) is 0 Å². The lowest BCUT2D eigenvalue weighted by molar-refractivity contribution is 0.411. The Morgan fingerprint density at radius 1 is 0.895 bits per heavy atom. The van der Waals surface area contributed by atoms with Crippen LogP contribution in [0.3, 0.4) is 0 Å². The number of nitrogen functional groups attached to an aromatic ring is 1. The highest BCUT2D eigenvalue weighted by Crippen LogP contribution is 2.25. The Morgan fingerprint density at radius 2 is 1.47 bits per heavy atom. The van der Waals surface area contributed by atoms with E-state index in [9.17, 15) is 0 Å². The van der Waals surface area contributed by atoms with Gasteiger partial charge in [0.15, 0.2) is 0 Å². The summed E-state index contributed by atoms with van der Waals surface area (Å²) in [6.45, 7) is 2.05. The highest BCUT2D eigenvalue weighted by atomic mass is 16.5. The van der Waals surface area contributed by atoms with Crippen molar-refractivity contribution in [2.75, 3.05) is 20.0 Å². The Bertz CT molecular complexity index is 527. The number of aryl methyl sites for hydroxylation is 1. The highest BCUT2D eigenvalue weighted by molar-refractivity contribution is 5.55. The standard InChI is InChI=1S/C16H19NO2/c1-11-8-12(4-6-15(11)18-2)9-13-5-7-16(19-3)14(17)10-13/h4-8,10H,9,17H2,1-3H3. The van der Waals surface area contributed by atoms with Crippen LogP contribution in [0.2, 0.25) is 0 Å². The predicted octanol–water partition coefficient (Wildman–Crippen LogP) is 3.19. The quantitative estimate of drug-likeness (QED) is 0.855. The van der Waals surface area contributed by atoms with Gasteiger partial charge < -0.3 is 15.2 Å². The Hall–Kier alpha value is -2.16. The molecule has 0 amide bonds. The predicted molar refractivity (Wildman–Crippen MR) is 77.9 cm³/mol. The lowest BCUT2D eigenvalue weighted by Crippen LogP contribution is -1.96. The molecule has 3 heteroatoms. The smallest absolute Gasteiger partial charge is 0.141 e. The minimum absolute atomic E-state index is 0.672. The molecule has 0 spiro atoms. The second-order valence-corrected chi connectivity index (χ2v) is 4.56. The summed E-state index contributed by atoms with van der Waals surface area (Å²) in [6, 6.07) is 12.1. The molecule has 0 bridgehead atoms. The van der Waals surface area contributed by atoms with Gasteiger partial charge in [0.05, 0.1) is 19.9 Å². The van der Waals surface area contributed by atoms with Crippen molar-refractivity contribution < 1.29 is 9.47 Å². The van der Waals surface area contributed by atoms with E-state index in [1.807, 2.05) is 31.2 Å². The fourth-order valence-electron chi connectivity index (χ4n) is 2.18. The topological polar surface area (TPSA) is 44.5 Å². The van der Waals surface area contributed by atoms with E-state index in [1.54, 1.807) is 14.2 Å². The van der Waals surface area contributed by atoms with E-state index >= 15 is 0 Å². The molecule has 2 N–H and O–H groups in total. The summed E-state index contributed by atoms with van der Waals surface area (Å²) < 4.78 is 10.4. The van der Waals surface area contributed by atoms with Crippen LogP contribution in [0.1, 0.15) is 16.7 Å². The number of rotatable bonds is 4. The second kappa shape index (κ2) is 5.65. The van der Waals surface area contributed by atoms with Gasteiger partial charge in [-0.2, -0.15) is 0 Å². The summed E-state index contributed by atoms with van der Waals surface area (Å²) in [4.78, 5) is 0. The maximum Gasteiger partial charge on any atom is 0.141 e. The van der Waals surface area contributed by atoms with Gasteiger partial charge in [-0.25, -0.2) is 0 Å². The first-order valence-electron chi connectivity index (χ1n) is 6.20. The van der Waals surface area contributed by atoms with E-state index in [0.29, 0.717) is 5.69 Å². The zero-order valence-corrected chi connectivity index (χ0v) is 11.6. The molecular formula is C16H19NO2. The molecule has 19 heavy (non-hydrogen) atoms.